The number of carboxylic acids is 1. The minimum atomic E-state index is -0.731. The van der Waals surface area contributed by atoms with Crippen molar-refractivity contribution in [3.05, 3.63) is 66.9 Å². The highest BCUT2D eigenvalue weighted by Crippen LogP contribution is 2.31. The number of unbranched alkanes of at least 4 members (excludes halogenated alkanes) is 2. The Balaban J connectivity index is 1.89. The fraction of sp³-hybridized carbons (Fsp3) is 0.320. The Hall–Kier alpha value is -3.21. The minimum Gasteiger partial charge on any atom is -0.481 e. The molecule has 0 radical (unpaired) electrons. The lowest BCUT2D eigenvalue weighted by Gasteiger charge is -2.28. The van der Waals surface area contributed by atoms with Gasteiger partial charge in [0.2, 0.25) is 0 Å². The number of aliphatic carboxylic acids is 1. The van der Waals surface area contributed by atoms with Crippen LogP contribution in [0.5, 0.6) is 0 Å². The molecule has 0 aliphatic carbocycles. The second-order valence-electron chi connectivity index (χ2n) is 7.65. The van der Waals surface area contributed by atoms with Gasteiger partial charge in [-0.2, -0.15) is 0 Å². The molecule has 2 aromatic carbocycles. The number of hydrogen-bond donors (Lipinski definition) is 1. The van der Waals surface area contributed by atoms with Gasteiger partial charge in [-0.15, -0.1) is 0 Å². The van der Waals surface area contributed by atoms with E-state index in [2.05, 4.69) is 43.0 Å². The number of carboxylic acid groups (broad SMARTS) is 1. The van der Waals surface area contributed by atoms with Gasteiger partial charge in [-0.05, 0) is 26.7 Å². The third-order valence-electron chi connectivity index (χ3n) is 5.06. The van der Waals surface area contributed by atoms with E-state index in [1.165, 1.54) is 0 Å². The summed E-state index contributed by atoms with van der Waals surface area (Å²) < 4.78 is 0. The van der Waals surface area contributed by atoms with Crippen molar-refractivity contribution in [1.82, 2.24) is 9.97 Å². The highest BCUT2D eigenvalue weighted by atomic mass is 16.4. The summed E-state index contributed by atoms with van der Waals surface area (Å²) in [5.74, 6) is 0.118. The molecule has 0 unspecified atom stereocenters. The fourth-order valence-corrected chi connectivity index (χ4v) is 3.50. The van der Waals surface area contributed by atoms with Crippen molar-refractivity contribution in [3.63, 3.8) is 0 Å². The first kappa shape index (κ1) is 21.5. The summed E-state index contributed by atoms with van der Waals surface area (Å²) in [6, 6.07) is 20.6. The Morgan fingerprint density at radius 3 is 2.07 bits per heavy atom. The van der Waals surface area contributed by atoms with E-state index in [1.54, 1.807) is 0 Å². The van der Waals surface area contributed by atoms with Crippen LogP contribution in [-0.2, 0) is 4.79 Å². The largest absolute Gasteiger partial charge is 0.481 e. The molecule has 156 valence electrons. The standard InChI is InChI=1S/C25H29N3O2/c1-19(2)28(17-11-5-10-16-23(29)30)22-18-26-24(20-12-6-3-7-13-20)25(27-22)21-14-8-4-9-15-21/h3-4,6-9,12-15,18-19H,5,10-11,16-17H2,1-2H3,(H,29,30). The molecule has 3 rings (SSSR count). The molecule has 1 aromatic heterocycles. The molecular weight excluding hydrogens is 374 g/mol. The van der Waals surface area contributed by atoms with E-state index in [1.807, 2.05) is 42.6 Å². The number of nitrogens with zero attached hydrogens (tertiary/aromatic N) is 3. The van der Waals surface area contributed by atoms with Gasteiger partial charge in [0.15, 0.2) is 0 Å². The molecule has 0 saturated heterocycles. The molecule has 0 spiro atoms. The van der Waals surface area contributed by atoms with Crippen LogP contribution in [0.1, 0.15) is 39.5 Å². The van der Waals surface area contributed by atoms with Crippen LogP contribution in [0.2, 0.25) is 0 Å². The van der Waals surface area contributed by atoms with Crippen molar-refractivity contribution in [2.75, 3.05) is 11.4 Å². The van der Waals surface area contributed by atoms with Crippen LogP contribution in [0.4, 0.5) is 5.82 Å². The van der Waals surface area contributed by atoms with Crippen LogP contribution < -0.4 is 4.90 Å². The van der Waals surface area contributed by atoms with Crippen LogP contribution in [0, 0.1) is 0 Å². The number of carbonyl (C=O) groups is 1. The molecule has 0 atom stereocenters. The number of rotatable bonds is 10. The van der Waals surface area contributed by atoms with E-state index in [9.17, 15) is 4.79 Å². The molecule has 0 aliphatic rings. The van der Waals surface area contributed by atoms with Crippen LogP contribution in [0.25, 0.3) is 22.5 Å². The molecule has 0 aliphatic heterocycles. The quantitative estimate of drug-likeness (QED) is 0.442. The summed E-state index contributed by atoms with van der Waals surface area (Å²) in [6.07, 6.45) is 4.59. The third kappa shape index (κ3) is 5.66. The SMILES string of the molecule is CC(C)N(CCCCCC(=O)O)c1cnc(-c2ccccc2)c(-c2ccccc2)n1. The number of anilines is 1. The Labute approximate surface area is 178 Å². The van der Waals surface area contributed by atoms with Gasteiger partial charge in [0.05, 0.1) is 17.6 Å². The van der Waals surface area contributed by atoms with E-state index in [-0.39, 0.29) is 12.5 Å². The van der Waals surface area contributed by atoms with Gasteiger partial charge in [-0.3, -0.25) is 9.78 Å². The second-order valence-corrected chi connectivity index (χ2v) is 7.65. The molecule has 0 fully saturated rings. The molecule has 5 heteroatoms. The monoisotopic (exact) mass is 403 g/mol. The average molecular weight is 404 g/mol. The summed E-state index contributed by atoms with van der Waals surface area (Å²) in [7, 11) is 0. The molecule has 1 heterocycles. The van der Waals surface area contributed by atoms with Gasteiger partial charge in [-0.1, -0.05) is 67.1 Å². The summed E-state index contributed by atoms with van der Waals surface area (Å²) in [5, 5.41) is 8.82. The van der Waals surface area contributed by atoms with Crippen LogP contribution in [0.15, 0.2) is 66.9 Å². The fourth-order valence-electron chi connectivity index (χ4n) is 3.50. The van der Waals surface area contributed by atoms with E-state index < -0.39 is 5.97 Å². The van der Waals surface area contributed by atoms with Gasteiger partial charge in [0.1, 0.15) is 5.82 Å². The summed E-state index contributed by atoms with van der Waals surface area (Å²) in [6.45, 7) is 5.11. The van der Waals surface area contributed by atoms with Crippen molar-refractivity contribution >= 4 is 11.8 Å². The van der Waals surface area contributed by atoms with Crippen molar-refractivity contribution in [3.8, 4) is 22.5 Å². The van der Waals surface area contributed by atoms with Gasteiger partial charge in [0, 0.05) is 30.1 Å². The second kappa shape index (κ2) is 10.5. The lowest BCUT2D eigenvalue weighted by molar-refractivity contribution is -0.137. The number of hydrogen-bond acceptors (Lipinski definition) is 4. The summed E-state index contributed by atoms with van der Waals surface area (Å²) >= 11 is 0. The Morgan fingerprint density at radius 1 is 0.900 bits per heavy atom. The summed E-state index contributed by atoms with van der Waals surface area (Å²) in [4.78, 5) is 22.8. The summed E-state index contributed by atoms with van der Waals surface area (Å²) in [5.41, 5.74) is 3.82. The van der Waals surface area contributed by atoms with E-state index in [4.69, 9.17) is 15.1 Å². The lowest BCUT2D eigenvalue weighted by Crippen LogP contribution is -2.32. The number of aromatic nitrogens is 2. The Kier molecular flexibility index (Phi) is 7.55. The molecule has 30 heavy (non-hydrogen) atoms. The van der Waals surface area contributed by atoms with Gasteiger partial charge >= 0.3 is 5.97 Å². The maximum Gasteiger partial charge on any atom is 0.303 e. The zero-order valence-electron chi connectivity index (χ0n) is 17.7. The van der Waals surface area contributed by atoms with Crippen LogP contribution in [-0.4, -0.2) is 33.6 Å². The lowest BCUT2D eigenvalue weighted by atomic mass is 10.0. The van der Waals surface area contributed by atoms with Crippen molar-refractivity contribution in [2.24, 2.45) is 0 Å². The molecule has 0 amide bonds. The van der Waals surface area contributed by atoms with E-state index >= 15 is 0 Å². The third-order valence-corrected chi connectivity index (χ3v) is 5.06. The zero-order valence-corrected chi connectivity index (χ0v) is 17.7. The first-order chi connectivity index (χ1) is 14.6. The maximum absolute atomic E-state index is 10.7. The average Bonchev–Trinajstić information content (AvgIpc) is 2.76. The van der Waals surface area contributed by atoms with Gasteiger partial charge in [0.25, 0.3) is 0 Å². The first-order valence-corrected chi connectivity index (χ1v) is 10.5. The Bertz CT molecular complexity index is 943. The predicted octanol–water partition coefficient (Wildman–Crippen LogP) is 5.67. The maximum atomic E-state index is 10.7. The molecular formula is C25H29N3O2. The highest BCUT2D eigenvalue weighted by molar-refractivity contribution is 5.78. The van der Waals surface area contributed by atoms with Crippen LogP contribution in [0.3, 0.4) is 0 Å². The first-order valence-electron chi connectivity index (χ1n) is 10.5. The van der Waals surface area contributed by atoms with E-state index in [0.717, 1.165) is 47.7 Å². The van der Waals surface area contributed by atoms with Crippen molar-refractivity contribution in [2.45, 2.75) is 45.6 Å². The van der Waals surface area contributed by atoms with Gasteiger partial charge < -0.3 is 10.0 Å². The molecule has 1 N–H and O–H groups in total. The van der Waals surface area contributed by atoms with E-state index in [0.29, 0.717) is 6.42 Å². The minimum absolute atomic E-state index is 0.228. The Morgan fingerprint density at radius 2 is 1.50 bits per heavy atom. The smallest absolute Gasteiger partial charge is 0.303 e. The van der Waals surface area contributed by atoms with Crippen molar-refractivity contribution < 1.29 is 9.90 Å². The molecule has 5 nitrogen and oxygen atoms in total. The molecule has 0 bridgehead atoms. The topological polar surface area (TPSA) is 66.3 Å². The van der Waals surface area contributed by atoms with Gasteiger partial charge in [-0.25, -0.2) is 4.98 Å². The highest BCUT2D eigenvalue weighted by Gasteiger charge is 2.17. The molecule has 0 saturated carbocycles. The van der Waals surface area contributed by atoms with Crippen molar-refractivity contribution in [1.29, 1.82) is 0 Å². The number of benzene rings is 2. The normalized spacial score (nSPS) is 10.9. The predicted molar refractivity (Wildman–Crippen MR) is 121 cm³/mol. The molecule has 3 aromatic rings. The van der Waals surface area contributed by atoms with Crippen LogP contribution >= 0.6 is 0 Å². The zero-order chi connectivity index (χ0) is 21.3.